The molecule has 0 bridgehead atoms. The van der Waals surface area contributed by atoms with Crippen LogP contribution in [0, 0.1) is 11.3 Å². The molecule has 0 saturated heterocycles. The minimum Gasteiger partial charge on any atom is -0.444 e. The van der Waals surface area contributed by atoms with Gasteiger partial charge in [0.25, 0.3) is 0 Å². The molecule has 0 radical (unpaired) electrons. The number of nitrogens with one attached hydrogen (secondary N) is 1. The van der Waals surface area contributed by atoms with Crippen LogP contribution < -0.4 is 5.32 Å². The highest BCUT2D eigenvalue weighted by molar-refractivity contribution is 5.04. The van der Waals surface area contributed by atoms with Gasteiger partial charge in [-0.2, -0.15) is 0 Å². The Bertz CT molecular complexity index is 397. The lowest BCUT2D eigenvalue weighted by Gasteiger charge is -2.36. The number of hydrogen-bond acceptors (Lipinski definition) is 3. The fourth-order valence-corrected chi connectivity index (χ4v) is 3.21. The molecular weight excluding hydrogens is 248 g/mol. The molecule has 0 aromatic carbocycles. The second kappa shape index (κ2) is 6.75. The number of hydrogen-bond donors (Lipinski definition) is 1. The van der Waals surface area contributed by atoms with Crippen molar-refractivity contribution in [2.75, 3.05) is 6.54 Å². The van der Waals surface area contributed by atoms with E-state index in [0.717, 1.165) is 37.1 Å². The highest BCUT2D eigenvalue weighted by atomic mass is 16.4. The normalized spacial score (nSPS) is 24.0. The van der Waals surface area contributed by atoms with Gasteiger partial charge in [0, 0.05) is 5.92 Å². The van der Waals surface area contributed by atoms with Gasteiger partial charge in [0.2, 0.25) is 5.89 Å². The van der Waals surface area contributed by atoms with E-state index in [9.17, 15) is 0 Å². The molecule has 0 unspecified atom stereocenters. The molecule has 1 aromatic rings. The van der Waals surface area contributed by atoms with E-state index in [1.165, 1.54) is 25.7 Å². The molecule has 1 fully saturated rings. The lowest BCUT2D eigenvalue weighted by molar-refractivity contribution is 0.162. The van der Waals surface area contributed by atoms with E-state index in [2.05, 4.69) is 38.0 Å². The van der Waals surface area contributed by atoms with Crippen LogP contribution in [0.2, 0.25) is 0 Å². The van der Waals surface area contributed by atoms with E-state index >= 15 is 0 Å². The molecule has 1 N–H and O–H groups in total. The fourth-order valence-electron chi connectivity index (χ4n) is 3.21. The average molecular weight is 278 g/mol. The summed E-state index contributed by atoms with van der Waals surface area (Å²) in [5.41, 5.74) is 0.446. The van der Waals surface area contributed by atoms with E-state index in [-0.39, 0.29) is 0 Å². The zero-order valence-corrected chi connectivity index (χ0v) is 13.5. The summed E-state index contributed by atoms with van der Waals surface area (Å²) in [6.07, 6.45) is 8.23. The van der Waals surface area contributed by atoms with Crippen molar-refractivity contribution >= 4 is 0 Å². The third-order valence-electron chi connectivity index (χ3n) is 4.63. The van der Waals surface area contributed by atoms with Crippen molar-refractivity contribution in [1.29, 1.82) is 0 Å². The highest BCUT2D eigenvalue weighted by Gasteiger charge is 2.31. The molecule has 3 nitrogen and oxygen atoms in total. The molecule has 1 aliphatic rings. The topological polar surface area (TPSA) is 38.1 Å². The van der Waals surface area contributed by atoms with Crippen LogP contribution in [0.1, 0.15) is 77.4 Å². The third kappa shape index (κ3) is 4.08. The molecule has 1 saturated carbocycles. The first-order chi connectivity index (χ1) is 9.50. The Morgan fingerprint density at radius 3 is 2.55 bits per heavy atom. The minimum absolute atomic E-state index is 0.446. The maximum Gasteiger partial charge on any atom is 0.208 e. The summed E-state index contributed by atoms with van der Waals surface area (Å²) in [6.45, 7) is 11.0. The number of oxazole rings is 1. The molecule has 1 aliphatic carbocycles. The van der Waals surface area contributed by atoms with Crippen LogP contribution >= 0.6 is 0 Å². The molecule has 20 heavy (non-hydrogen) atoms. The van der Waals surface area contributed by atoms with Crippen LogP contribution in [-0.4, -0.2) is 11.5 Å². The van der Waals surface area contributed by atoms with Gasteiger partial charge in [-0.3, -0.25) is 0 Å². The maximum atomic E-state index is 5.92. The van der Waals surface area contributed by atoms with Crippen LogP contribution in [0.3, 0.4) is 0 Å². The monoisotopic (exact) mass is 278 g/mol. The van der Waals surface area contributed by atoms with Crippen LogP contribution in [-0.2, 0) is 6.54 Å². The van der Waals surface area contributed by atoms with Crippen LogP contribution in [0.15, 0.2) is 10.6 Å². The zero-order chi connectivity index (χ0) is 14.6. The average Bonchev–Trinajstić information content (AvgIpc) is 2.87. The van der Waals surface area contributed by atoms with Crippen LogP contribution in [0.4, 0.5) is 0 Å². The Morgan fingerprint density at radius 2 is 1.95 bits per heavy atom. The second-order valence-corrected chi connectivity index (χ2v) is 7.25. The Morgan fingerprint density at radius 1 is 1.25 bits per heavy atom. The van der Waals surface area contributed by atoms with Gasteiger partial charge in [-0.15, -0.1) is 0 Å². The molecule has 0 amide bonds. The van der Waals surface area contributed by atoms with E-state index in [0.29, 0.717) is 11.3 Å². The van der Waals surface area contributed by atoms with E-state index in [4.69, 9.17) is 4.42 Å². The first kappa shape index (κ1) is 15.6. The van der Waals surface area contributed by atoms with Gasteiger partial charge in [-0.25, -0.2) is 4.98 Å². The maximum absolute atomic E-state index is 5.92. The first-order valence-corrected chi connectivity index (χ1v) is 8.16. The van der Waals surface area contributed by atoms with E-state index < -0.39 is 0 Å². The van der Waals surface area contributed by atoms with Crippen molar-refractivity contribution < 1.29 is 4.42 Å². The highest BCUT2D eigenvalue weighted by Crippen LogP contribution is 2.43. The number of nitrogens with zero attached hydrogens (tertiary/aromatic N) is 1. The molecule has 1 aromatic heterocycles. The SMILES string of the molecule is CCCNCc1ncc(C2CCC(C(C)(C)C)CC2)o1. The predicted molar refractivity (Wildman–Crippen MR) is 82.7 cm³/mol. The zero-order valence-electron chi connectivity index (χ0n) is 13.5. The van der Waals surface area contributed by atoms with Gasteiger partial charge in [-0.05, 0) is 50.0 Å². The summed E-state index contributed by atoms with van der Waals surface area (Å²) in [5.74, 6) is 3.38. The first-order valence-electron chi connectivity index (χ1n) is 8.16. The van der Waals surface area contributed by atoms with Crippen LogP contribution in [0.25, 0.3) is 0 Å². The molecule has 0 aliphatic heterocycles. The van der Waals surface area contributed by atoms with Crippen molar-refractivity contribution in [3.05, 3.63) is 17.8 Å². The van der Waals surface area contributed by atoms with E-state index in [1.54, 1.807) is 0 Å². The summed E-state index contributed by atoms with van der Waals surface area (Å²) in [5, 5.41) is 3.34. The molecule has 114 valence electrons. The molecule has 3 heteroatoms. The lowest BCUT2D eigenvalue weighted by atomic mass is 9.69. The van der Waals surface area contributed by atoms with Crippen LogP contribution in [0.5, 0.6) is 0 Å². The second-order valence-electron chi connectivity index (χ2n) is 7.25. The standard InChI is InChI=1S/C17H30N2O/c1-5-10-18-12-16-19-11-15(20-16)13-6-8-14(9-7-13)17(2,3)4/h11,13-14,18H,5-10,12H2,1-4H3. The lowest BCUT2D eigenvalue weighted by Crippen LogP contribution is -2.25. The molecule has 2 rings (SSSR count). The quantitative estimate of drug-likeness (QED) is 0.806. The summed E-state index contributed by atoms with van der Waals surface area (Å²) in [4.78, 5) is 4.40. The van der Waals surface area contributed by atoms with E-state index in [1.807, 2.05) is 6.20 Å². The van der Waals surface area contributed by atoms with Crippen molar-refractivity contribution in [3.63, 3.8) is 0 Å². The largest absolute Gasteiger partial charge is 0.444 e. The Labute approximate surface area is 123 Å². The van der Waals surface area contributed by atoms with Crippen molar-refractivity contribution in [2.24, 2.45) is 11.3 Å². The Hall–Kier alpha value is -0.830. The number of aromatic nitrogens is 1. The summed E-state index contributed by atoms with van der Waals surface area (Å²) in [6, 6.07) is 0. The van der Waals surface area contributed by atoms with Gasteiger partial charge in [0.1, 0.15) is 5.76 Å². The van der Waals surface area contributed by atoms with Gasteiger partial charge >= 0.3 is 0 Å². The molecular formula is C17H30N2O. The number of rotatable bonds is 5. The van der Waals surface area contributed by atoms with Gasteiger partial charge in [-0.1, -0.05) is 27.7 Å². The van der Waals surface area contributed by atoms with Crippen molar-refractivity contribution in [1.82, 2.24) is 10.3 Å². The molecule has 0 spiro atoms. The summed E-state index contributed by atoms with van der Waals surface area (Å²) >= 11 is 0. The predicted octanol–water partition coefficient (Wildman–Crippen LogP) is 4.49. The Balaban J connectivity index is 1.84. The summed E-state index contributed by atoms with van der Waals surface area (Å²) < 4.78 is 5.92. The van der Waals surface area contributed by atoms with Gasteiger partial charge < -0.3 is 9.73 Å². The summed E-state index contributed by atoms with van der Waals surface area (Å²) in [7, 11) is 0. The molecule has 1 heterocycles. The fraction of sp³-hybridized carbons (Fsp3) is 0.824. The Kier molecular flexibility index (Phi) is 5.25. The van der Waals surface area contributed by atoms with Gasteiger partial charge in [0.15, 0.2) is 0 Å². The third-order valence-corrected chi connectivity index (χ3v) is 4.63. The molecule has 0 atom stereocenters. The van der Waals surface area contributed by atoms with Crippen molar-refractivity contribution in [2.45, 2.75) is 72.3 Å². The van der Waals surface area contributed by atoms with Gasteiger partial charge in [0.05, 0.1) is 12.7 Å². The minimum atomic E-state index is 0.446. The smallest absolute Gasteiger partial charge is 0.208 e. The van der Waals surface area contributed by atoms with Crippen molar-refractivity contribution in [3.8, 4) is 0 Å².